The molecule has 1 atom stereocenters. The summed E-state index contributed by atoms with van der Waals surface area (Å²) in [5.41, 5.74) is 1.49. The van der Waals surface area contributed by atoms with Gasteiger partial charge in [-0.25, -0.2) is 15.0 Å². The van der Waals surface area contributed by atoms with Crippen molar-refractivity contribution in [3.05, 3.63) is 76.3 Å². The monoisotopic (exact) mass is 500 g/mol. The molecule has 0 radical (unpaired) electrons. The Kier molecular flexibility index (Phi) is 5.72. The molecule has 0 aliphatic carbocycles. The number of hydrogen-bond donors (Lipinski definition) is 1. The van der Waals surface area contributed by atoms with Crippen LogP contribution < -0.4 is 0 Å². The molecule has 35 heavy (non-hydrogen) atoms. The maximum absolute atomic E-state index is 13.0. The lowest BCUT2D eigenvalue weighted by Gasteiger charge is -2.08. The van der Waals surface area contributed by atoms with Gasteiger partial charge in [-0.15, -0.1) is 0 Å². The van der Waals surface area contributed by atoms with Gasteiger partial charge in [-0.1, -0.05) is 23.7 Å². The van der Waals surface area contributed by atoms with E-state index < -0.39 is 11.7 Å². The zero-order chi connectivity index (χ0) is 24.7. The largest absolute Gasteiger partial charge is 0.416 e. The van der Waals surface area contributed by atoms with Crippen molar-refractivity contribution < 1.29 is 22.5 Å². The number of hydrogen-bond acceptors (Lipinski definition) is 7. The van der Waals surface area contributed by atoms with Crippen LogP contribution in [0.1, 0.15) is 52.3 Å². The van der Waals surface area contributed by atoms with Gasteiger partial charge in [0.05, 0.1) is 22.0 Å². The molecule has 0 amide bonds. The van der Waals surface area contributed by atoms with Crippen molar-refractivity contribution in [2.75, 3.05) is 0 Å². The molecule has 1 aliphatic heterocycles. The second-order valence-corrected chi connectivity index (χ2v) is 8.42. The number of alkyl halides is 3. The number of fused-ring (bicyclic) bond motifs is 1. The summed E-state index contributed by atoms with van der Waals surface area (Å²) >= 11 is 6.37. The molecule has 4 aromatic rings. The van der Waals surface area contributed by atoms with Gasteiger partial charge < -0.3 is 9.51 Å². The van der Waals surface area contributed by atoms with Crippen LogP contribution in [0.25, 0.3) is 11.5 Å². The SMILES string of the molecule is C[C@H](CC(=O)c1ncnc(-c2ncc[nH]2)c1Cl)c1cc(C2=Nc3ccc(C(F)(F)F)cc3C2)no1. The molecular weight excluding hydrogens is 485 g/mol. The number of aromatic amines is 1. The molecule has 0 fully saturated rings. The third-order valence-corrected chi connectivity index (χ3v) is 5.96. The molecule has 1 aliphatic rings. The Hall–Kier alpha value is -3.86. The molecule has 3 aromatic heterocycles. The fraction of sp³-hybridized carbons (Fsp3) is 0.217. The summed E-state index contributed by atoms with van der Waals surface area (Å²) in [6, 6.07) is 5.08. The van der Waals surface area contributed by atoms with Gasteiger partial charge >= 0.3 is 6.18 Å². The Morgan fingerprint density at radius 1 is 1.23 bits per heavy atom. The molecular formula is C23H16ClF3N6O2. The van der Waals surface area contributed by atoms with E-state index in [2.05, 4.69) is 30.1 Å². The molecule has 1 N–H and O–H groups in total. The first-order chi connectivity index (χ1) is 16.7. The zero-order valence-electron chi connectivity index (χ0n) is 18.1. The van der Waals surface area contributed by atoms with Gasteiger partial charge in [0, 0.05) is 37.2 Å². The topological polar surface area (TPSA) is 110 Å². The minimum absolute atomic E-state index is 0.0323. The molecule has 0 bridgehead atoms. The number of benzene rings is 1. The minimum atomic E-state index is -4.42. The third-order valence-electron chi connectivity index (χ3n) is 5.60. The summed E-state index contributed by atoms with van der Waals surface area (Å²) in [5, 5.41) is 4.11. The van der Waals surface area contributed by atoms with Crippen LogP contribution in [0.4, 0.5) is 18.9 Å². The normalized spacial score (nSPS) is 14.0. The number of ketones is 1. The predicted octanol–water partition coefficient (Wildman–Crippen LogP) is 5.58. The summed E-state index contributed by atoms with van der Waals surface area (Å²) in [4.78, 5) is 32.4. The number of H-pyrrole nitrogens is 1. The van der Waals surface area contributed by atoms with Gasteiger partial charge in [-0.3, -0.25) is 9.79 Å². The van der Waals surface area contributed by atoms with Crippen LogP contribution in [0.3, 0.4) is 0 Å². The Morgan fingerprint density at radius 2 is 2.06 bits per heavy atom. The molecule has 0 spiro atoms. The quantitative estimate of drug-likeness (QED) is 0.346. The summed E-state index contributed by atoms with van der Waals surface area (Å²) in [5.74, 6) is 0.156. The number of Topliss-reactive ketones (excluding diaryl/α,β-unsaturated/α-hetero) is 1. The number of rotatable bonds is 6. The average Bonchev–Trinajstić information content (AvgIpc) is 3.58. The Bertz CT molecular complexity index is 1450. The maximum Gasteiger partial charge on any atom is 0.416 e. The van der Waals surface area contributed by atoms with Crippen molar-refractivity contribution in [2.24, 2.45) is 4.99 Å². The van der Waals surface area contributed by atoms with E-state index in [0.717, 1.165) is 12.1 Å². The minimum Gasteiger partial charge on any atom is -0.360 e. The van der Waals surface area contributed by atoms with Crippen molar-refractivity contribution in [3.63, 3.8) is 0 Å². The Labute approximate surface area is 201 Å². The van der Waals surface area contributed by atoms with E-state index >= 15 is 0 Å². The highest BCUT2D eigenvalue weighted by Crippen LogP contribution is 2.36. The summed E-state index contributed by atoms with van der Waals surface area (Å²) < 4.78 is 44.4. The molecule has 0 saturated heterocycles. The molecule has 178 valence electrons. The smallest absolute Gasteiger partial charge is 0.360 e. The van der Waals surface area contributed by atoms with Crippen molar-refractivity contribution in [1.29, 1.82) is 0 Å². The lowest BCUT2D eigenvalue weighted by atomic mass is 9.99. The lowest BCUT2D eigenvalue weighted by Crippen LogP contribution is -2.09. The van der Waals surface area contributed by atoms with Crippen LogP contribution in [-0.2, 0) is 12.6 Å². The van der Waals surface area contributed by atoms with Gasteiger partial charge in [0.25, 0.3) is 0 Å². The number of nitrogens with zero attached hydrogens (tertiary/aromatic N) is 5. The molecule has 12 heteroatoms. The van der Waals surface area contributed by atoms with E-state index in [1.54, 1.807) is 25.4 Å². The highest BCUT2D eigenvalue weighted by Gasteiger charge is 2.32. The summed E-state index contributed by atoms with van der Waals surface area (Å²) in [6.45, 7) is 1.78. The summed E-state index contributed by atoms with van der Waals surface area (Å²) in [6.07, 6.45) is 0.206. The fourth-order valence-corrected chi connectivity index (χ4v) is 4.08. The highest BCUT2D eigenvalue weighted by atomic mass is 35.5. The number of imidazole rings is 1. The highest BCUT2D eigenvalue weighted by molar-refractivity contribution is 6.35. The van der Waals surface area contributed by atoms with Gasteiger partial charge in [0.1, 0.15) is 29.2 Å². The summed E-state index contributed by atoms with van der Waals surface area (Å²) in [7, 11) is 0. The van der Waals surface area contributed by atoms with Crippen molar-refractivity contribution in [1.82, 2.24) is 25.1 Å². The number of halogens is 4. The number of nitrogens with one attached hydrogen (secondary N) is 1. The van der Waals surface area contributed by atoms with Crippen LogP contribution in [0.5, 0.6) is 0 Å². The molecule has 1 aromatic carbocycles. The van der Waals surface area contributed by atoms with Crippen molar-refractivity contribution in [2.45, 2.75) is 31.9 Å². The van der Waals surface area contributed by atoms with Crippen LogP contribution in [-0.4, -0.2) is 36.6 Å². The molecule has 4 heterocycles. The van der Waals surface area contributed by atoms with E-state index in [4.69, 9.17) is 16.1 Å². The van der Waals surface area contributed by atoms with E-state index in [0.29, 0.717) is 39.9 Å². The van der Waals surface area contributed by atoms with Crippen molar-refractivity contribution >= 4 is 28.8 Å². The predicted molar refractivity (Wildman–Crippen MR) is 120 cm³/mol. The Balaban J connectivity index is 1.30. The standard InChI is InChI=1S/C23H16ClF3N6O2/c1-11(6-17(34)20-19(24)21(31-10-30-20)22-28-4-5-29-22)18-9-16(33-35-18)15-8-12-7-13(23(25,26)27)2-3-14(12)32-15/h2-5,7,9-11H,6,8H2,1H3,(H,28,29)/t11-/m1/s1. The van der Waals surface area contributed by atoms with Crippen LogP contribution >= 0.6 is 11.6 Å². The van der Waals surface area contributed by atoms with Crippen LogP contribution in [0.15, 0.2) is 52.5 Å². The molecule has 0 unspecified atom stereocenters. The van der Waals surface area contributed by atoms with Crippen LogP contribution in [0, 0.1) is 0 Å². The van der Waals surface area contributed by atoms with E-state index in [-0.39, 0.29) is 35.3 Å². The lowest BCUT2D eigenvalue weighted by molar-refractivity contribution is -0.137. The third kappa shape index (κ3) is 4.46. The van der Waals surface area contributed by atoms with E-state index in [1.807, 2.05) is 0 Å². The number of aliphatic imine (C=N–C) groups is 1. The van der Waals surface area contributed by atoms with Crippen LogP contribution in [0.2, 0.25) is 5.02 Å². The van der Waals surface area contributed by atoms with E-state index in [1.165, 1.54) is 12.4 Å². The second kappa shape index (κ2) is 8.73. The zero-order valence-corrected chi connectivity index (χ0v) is 18.9. The maximum atomic E-state index is 13.0. The first-order valence-electron chi connectivity index (χ1n) is 10.5. The first-order valence-corrected chi connectivity index (χ1v) is 10.9. The van der Waals surface area contributed by atoms with Crippen molar-refractivity contribution in [3.8, 4) is 11.5 Å². The van der Waals surface area contributed by atoms with Gasteiger partial charge in [0.15, 0.2) is 11.6 Å². The molecule has 5 rings (SSSR count). The Morgan fingerprint density at radius 3 is 2.80 bits per heavy atom. The van der Waals surface area contributed by atoms with Gasteiger partial charge in [0.2, 0.25) is 0 Å². The van der Waals surface area contributed by atoms with Gasteiger partial charge in [-0.05, 0) is 23.8 Å². The molecule has 0 saturated carbocycles. The first kappa shape index (κ1) is 22.9. The number of carbonyl (C=O) groups is 1. The van der Waals surface area contributed by atoms with Gasteiger partial charge in [-0.2, -0.15) is 13.2 Å². The fourth-order valence-electron chi connectivity index (χ4n) is 3.78. The second-order valence-electron chi connectivity index (χ2n) is 8.04. The van der Waals surface area contributed by atoms with E-state index in [9.17, 15) is 18.0 Å². The average molecular weight is 501 g/mol. The number of carbonyl (C=O) groups excluding carboxylic acids is 1. The number of aromatic nitrogens is 5. The molecule has 8 nitrogen and oxygen atoms in total.